The van der Waals surface area contributed by atoms with Crippen molar-refractivity contribution in [3.63, 3.8) is 0 Å². The number of nitrogens with one attached hydrogen (secondary N) is 2. The fourth-order valence-electron chi connectivity index (χ4n) is 3.64. The normalized spacial score (nSPS) is 20.9. The molecule has 22 heavy (non-hydrogen) atoms. The van der Waals surface area contributed by atoms with Crippen LogP contribution in [0.15, 0.2) is 12.1 Å². The van der Waals surface area contributed by atoms with Crippen LogP contribution in [0.2, 0.25) is 5.02 Å². The van der Waals surface area contributed by atoms with Gasteiger partial charge in [0.25, 0.3) is 0 Å². The average molecular weight is 317 g/mol. The van der Waals surface area contributed by atoms with Crippen LogP contribution in [0.1, 0.15) is 42.5 Å². The molecule has 1 atom stereocenters. The summed E-state index contributed by atoms with van der Waals surface area (Å²) in [7, 11) is 0. The molecule has 0 radical (unpaired) electrons. The summed E-state index contributed by atoms with van der Waals surface area (Å²) < 4.78 is 0. The van der Waals surface area contributed by atoms with Gasteiger partial charge in [0.2, 0.25) is 5.91 Å². The Bertz CT molecular complexity index is 745. The molecule has 1 fully saturated rings. The number of halogens is 1. The highest BCUT2D eigenvalue weighted by molar-refractivity contribution is 6.31. The topological polar surface area (TPSA) is 44.9 Å². The van der Waals surface area contributed by atoms with Crippen LogP contribution in [-0.4, -0.2) is 16.9 Å². The van der Waals surface area contributed by atoms with Crippen molar-refractivity contribution < 1.29 is 4.79 Å². The summed E-state index contributed by atoms with van der Waals surface area (Å²) in [5.74, 6) is 0.874. The number of aryl methyl sites for hydroxylation is 2. The molecule has 1 heterocycles. The molecule has 2 N–H and O–H groups in total. The molecule has 2 aromatic rings. The van der Waals surface area contributed by atoms with E-state index in [1.807, 2.05) is 12.1 Å². The highest BCUT2D eigenvalue weighted by Crippen LogP contribution is 2.34. The molecular weight excluding hydrogens is 296 g/mol. The van der Waals surface area contributed by atoms with Gasteiger partial charge in [0, 0.05) is 34.1 Å². The first-order valence-electron chi connectivity index (χ1n) is 8.19. The van der Waals surface area contributed by atoms with E-state index >= 15 is 0 Å². The standard InChI is InChI=1S/C18H21ClN2O/c1-10-6-12(19)8-15-14-9-13(4-5-16(14)21-18(10)15)20-17(22)7-11-2-3-11/h6,8,11,13,21H,2-5,7,9H2,1H3,(H,20,22)/t13-/m1/s1. The molecule has 2 aliphatic rings. The van der Waals surface area contributed by atoms with Crippen LogP contribution >= 0.6 is 11.6 Å². The number of carbonyl (C=O) groups is 1. The molecule has 0 unspecified atom stereocenters. The Morgan fingerprint density at radius 3 is 2.95 bits per heavy atom. The number of aromatic amines is 1. The van der Waals surface area contributed by atoms with E-state index in [0.29, 0.717) is 12.3 Å². The average Bonchev–Trinajstić information content (AvgIpc) is 3.19. The zero-order chi connectivity index (χ0) is 15.3. The minimum atomic E-state index is 0.227. The Hall–Kier alpha value is -1.48. The highest BCUT2D eigenvalue weighted by atomic mass is 35.5. The maximum Gasteiger partial charge on any atom is 0.220 e. The lowest BCUT2D eigenvalue weighted by atomic mass is 9.91. The summed E-state index contributed by atoms with van der Waals surface area (Å²) in [4.78, 5) is 15.6. The number of carbonyl (C=O) groups excluding carboxylic acids is 1. The fourth-order valence-corrected chi connectivity index (χ4v) is 3.92. The number of benzene rings is 1. The minimum Gasteiger partial charge on any atom is -0.358 e. The van der Waals surface area contributed by atoms with Gasteiger partial charge >= 0.3 is 0 Å². The van der Waals surface area contributed by atoms with Gasteiger partial charge in [-0.3, -0.25) is 4.79 Å². The van der Waals surface area contributed by atoms with E-state index in [1.54, 1.807) is 0 Å². The van der Waals surface area contributed by atoms with E-state index in [2.05, 4.69) is 17.2 Å². The van der Waals surface area contributed by atoms with Crippen LogP contribution in [0.25, 0.3) is 10.9 Å². The minimum absolute atomic E-state index is 0.227. The molecule has 1 saturated carbocycles. The number of fused-ring (bicyclic) bond motifs is 3. The summed E-state index contributed by atoms with van der Waals surface area (Å²) in [6, 6.07) is 4.31. The molecule has 0 spiro atoms. The van der Waals surface area contributed by atoms with Crippen molar-refractivity contribution in [3.8, 4) is 0 Å². The molecule has 4 rings (SSSR count). The number of amides is 1. The lowest BCUT2D eigenvalue weighted by molar-refractivity contribution is -0.122. The Kier molecular flexibility index (Phi) is 3.41. The number of aromatic nitrogens is 1. The molecule has 0 saturated heterocycles. The summed E-state index contributed by atoms with van der Waals surface area (Å²) >= 11 is 6.22. The third-order valence-electron chi connectivity index (χ3n) is 5.00. The van der Waals surface area contributed by atoms with Gasteiger partial charge in [-0.15, -0.1) is 0 Å². The summed E-state index contributed by atoms with van der Waals surface area (Å²) in [5.41, 5.74) is 5.03. The number of hydrogen-bond acceptors (Lipinski definition) is 1. The first-order valence-corrected chi connectivity index (χ1v) is 8.57. The second-order valence-corrected chi connectivity index (χ2v) is 7.32. The number of H-pyrrole nitrogens is 1. The smallest absolute Gasteiger partial charge is 0.220 e. The molecule has 2 aliphatic carbocycles. The van der Waals surface area contributed by atoms with Gasteiger partial charge in [0.15, 0.2) is 0 Å². The summed E-state index contributed by atoms with van der Waals surface area (Å²) in [6.07, 6.45) is 6.08. The van der Waals surface area contributed by atoms with Crippen molar-refractivity contribution >= 4 is 28.4 Å². The molecule has 0 aliphatic heterocycles. The van der Waals surface area contributed by atoms with Crippen molar-refractivity contribution in [2.75, 3.05) is 0 Å². The highest BCUT2D eigenvalue weighted by Gasteiger charge is 2.28. The first-order chi connectivity index (χ1) is 10.6. The van der Waals surface area contributed by atoms with Crippen molar-refractivity contribution in [1.29, 1.82) is 0 Å². The van der Waals surface area contributed by atoms with Gasteiger partial charge in [-0.2, -0.15) is 0 Å². The van der Waals surface area contributed by atoms with Crippen molar-refractivity contribution in [1.82, 2.24) is 10.3 Å². The lowest BCUT2D eigenvalue weighted by Crippen LogP contribution is -2.38. The van der Waals surface area contributed by atoms with Crippen LogP contribution in [0.4, 0.5) is 0 Å². The Morgan fingerprint density at radius 1 is 1.36 bits per heavy atom. The number of rotatable bonds is 3. The lowest BCUT2D eigenvalue weighted by Gasteiger charge is -2.23. The molecule has 116 valence electrons. The predicted molar refractivity (Wildman–Crippen MR) is 89.3 cm³/mol. The van der Waals surface area contributed by atoms with E-state index in [9.17, 15) is 4.79 Å². The SMILES string of the molecule is Cc1cc(Cl)cc2c3c([nH]c12)CC[C@@H](NC(=O)CC1CC1)C3. The number of hydrogen-bond donors (Lipinski definition) is 2. The van der Waals surface area contributed by atoms with Crippen LogP contribution < -0.4 is 5.32 Å². The Balaban J connectivity index is 1.57. The van der Waals surface area contributed by atoms with E-state index in [1.165, 1.54) is 40.6 Å². The van der Waals surface area contributed by atoms with Crippen LogP contribution in [0, 0.1) is 12.8 Å². The monoisotopic (exact) mass is 316 g/mol. The van der Waals surface area contributed by atoms with E-state index < -0.39 is 0 Å². The van der Waals surface area contributed by atoms with Gasteiger partial charge in [-0.1, -0.05) is 11.6 Å². The van der Waals surface area contributed by atoms with E-state index in [4.69, 9.17) is 11.6 Å². The van der Waals surface area contributed by atoms with Gasteiger partial charge in [0.05, 0.1) is 0 Å². The fraction of sp³-hybridized carbons (Fsp3) is 0.500. The predicted octanol–water partition coefficient (Wildman–Crippen LogP) is 3.90. The van der Waals surface area contributed by atoms with Gasteiger partial charge in [0.1, 0.15) is 0 Å². The van der Waals surface area contributed by atoms with Crippen LogP contribution in [-0.2, 0) is 17.6 Å². The zero-order valence-electron chi connectivity index (χ0n) is 12.8. The largest absolute Gasteiger partial charge is 0.358 e. The van der Waals surface area contributed by atoms with E-state index in [0.717, 1.165) is 24.3 Å². The molecule has 4 heteroatoms. The van der Waals surface area contributed by atoms with Crippen LogP contribution in [0.3, 0.4) is 0 Å². The zero-order valence-corrected chi connectivity index (χ0v) is 13.6. The van der Waals surface area contributed by atoms with Crippen LogP contribution in [0.5, 0.6) is 0 Å². The van der Waals surface area contributed by atoms with E-state index in [-0.39, 0.29) is 11.9 Å². The van der Waals surface area contributed by atoms with Crippen molar-refractivity contribution in [3.05, 3.63) is 34.0 Å². The quantitative estimate of drug-likeness (QED) is 0.886. The molecule has 1 aromatic carbocycles. The Morgan fingerprint density at radius 2 is 2.18 bits per heavy atom. The maximum absolute atomic E-state index is 12.0. The molecule has 1 aromatic heterocycles. The Labute approximate surface area is 135 Å². The molecule has 0 bridgehead atoms. The third kappa shape index (κ3) is 2.63. The second-order valence-electron chi connectivity index (χ2n) is 6.88. The second kappa shape index (κ2) is 5.31. The molecule has 3 nitrogen and oxygen atoms in total. The maximum atomic E-state index is 12.0. The van der Waals surface area contributed by atoms with Gasteiger partial charge in [-0.05, 0) is 68.2 Å². The van der Waals surface area contributed by atoms with Crippen molar-refractivity contribution in [2.45, 2.75) is 51.5 Å². The summed E-state index contributed by atoms with van der Waals surface area (Å²) in [5, 5.41) is 5.24. The molecular formula is C18H21ClN2O. The summed E-state index contributed by atoms with van der Waals surface area (Å²) in [6.45, 7) is 2.09. The van der Waals surface area contributed by atoms with Gasteiger partial charge in [-0.25, -0.2) is 0 Å². The molecule has 1 amide bonds. The first kappa shape index (κ1) is 14.1. The third-order valence-corrected chi connectivity index (χ3v) is 5.21. The van der Waals surface area contributed by atoms with Crippen molar-refractivity contribution in [2.24, 2.45) is 5.92 Å². The van der Waals surface area contributed by atoms with Gasteiger partial charge < -0.3 is 10.3 Å².